The minimum absolute atomic E-state index is 0.0394. The zero-order chi connectivity index (χ0) is 31.5. The molecule has 2 aromatic rings. The maximum absolute atomic E-state index is 14.3. The zero-order valence-electron chi connectivity index (χ0n) is 24.4. The van der Waals surface area contributed by atoms with E-state index in [0.29, 0.717) is 0 Å². The summed E-state index contributed by atoms with van der Waals surface area (Å²) < 4.78 is 22.4. The summed E-state index contributed by atoms with van der Waals surface area (Å²) in [5.74, 6) is -5.32. The molecule has 43 heavy (non-hydrogen) atoms. The predicted molar refractivity (Wildman–Crippen MR) is 145 cm³/mol. The molecule has 0 amide bonds. The topological polar surface area (TPSA) is 193 Å². The second-order valence-corrected chi connectivity index (χ2v) is 12.2. The summed E-state index contributed by atoms with van der Waals surface area (Å²) in [5.41, 5.74) is -4.63. The molecule has 1 fully saturated rings. The summed E-state index contributed by atoms with van der Waals surface area (Å²) >= 11 is 0. The van der Waals surface area contributed by atoms with Gasteiger partial charge in [-0.3, -0.25) is 14.4 Å². The van der Waals surface area contributed by atoms with Crippen LogP contribution in [0.15, 0.2) is 12.1 Å². The van der Waals surface area contributed by atoms with Gasteiger partial charge >= 0.3 is 5.97 Å². The molecule has 0 saturated carbocycles. The number of esters is 1. The summed E-state index contributed by atoms with van der Waals surface area (Å²) in [4.78, 5) is 42.8. The van der Waals surface area contributed by atoms with Crippen LogP contribution in [0.2, 0.25) is 0 Å². The number of aliphatic hydroxyl groups excluding tert-OH is 2. The SMILES string of the molecule is COC(=O)[C@H]1c2cc3c(c(O)c2[C@@H](OC)C[C@]1(C)O)C(=O)c1c(O)cc2c(c1C3=O)O[C@H]1O[C@]2(C)[C@@H](O)[C@H](N(C)C)[C@H]1O. The average Bonchev–Trinajstić information content (AvgIpc) is 2.93. The number of hydrogen-bond acceptors (Lipinski definition) is 13. The Bertz CT molecular complexity index is 1600. The van der Waals surface area contributed by atoms with Crippen LogP contribution in [0.4, 0.5) is 0 Å². The highest BCUT2D eigenvalue weighted by Gasteiger charge is 2.59. The Kier molecular flexibility index (Phi) is 6.48. The molecule has 5 N–H and O–H groups in total. The van der Waals surface area contributed by atoms with Crippen LogP contribution in [0.25, 0.3) is 0 Å². The first kappa shape index (κ1) is 29.5. The number of ketones is 2. The second-order valence-electron chi connectivity index (χ2n) is 12.2. The van der Waals surface area contributed by atoms with Crippen molar-refractivity contribution in [2.75, 3.05) is 28.3 Å². The van der Waals surface area contributed by atoms with Gasteiger partial charge in [0.25, 0.3) is 0 Å². The fraction of sp³-hybridized carbons (Fsp3) is 0.500. The van der Waals surface area contributed by atoms with E-state index in [-0.39, 0.29) is 40.0 Å². The molecule has 2 aliphatic heterocycles. The number of ether oxygens (including phenoxy) is 4. The Hall–Kier alpha value is -3.59. The van der Waals surface area contributed by atoms with E-state index in [4.69, 9.17) is 18.9 Å². The number of carbonyl (C=O) groups is 3. The number of aliphatic hydroxyl groups is 3. The van der Waals surface area contributed by atoms with E-state index in [1.165, 1.54) is 33.1 Å². The standard InChI is InChI=1S/C30H33NO12/c1-29(39)9-14(40-5)15-10(19(29)27(38)41-6)7-11-16(22(15)34)23(35)17-13(32)8-12-25(18(17)21(11)33)42-28-24(36)20(31(3)4)26(37)30(12,2)43-28/h7-8,14,19-20,24,26,28,32,34,36-37,39H,9H2,1-6H3/t14-,19+,20+,24+,26-,28-,29-,30-/m0/s1. The number of carbonyl (C=O) groups excluding carboxylic acids is 3. The minimum atomic E-state index is -1.71. The van der Waals surface area contributed by atoms with E-state index < -0.39 is 87.9 Å². The fourth-order valence-electron chi connectivity index (χ4n) is 7.24. The molecule has 230 valence electrons. The number of rotatable bonds is 3. The zero-order valence-corrected chi connectivity index (χ0v) is 24.4. The van der Waals surface area contributed by atoms with Crippen molar-refractivity contribution in [1.82, 2.24) is 4.90 Å². The Labute approximate surface area is 246 Å². The van der Waals surface area contributed by atoms with Crippen LogP contribution < -0.4 is 4.74 Å². The summed E-state index contributed by atoms with van der Waals surface area (Å²) in [6, 6.07) is 1.58. The van der Waals surface area contributed by atoms with Crippen LogP contribution in [0.1, 0.15) is 80.8 Å². The van der Waals surface area contributed by atoms with Gasteiger partial charge in [-0.2, -0.15) is 0 Å². The van der Waals surface area contributed by atoms with Crippen molar-refractivity contribution in [1.29, 1.82) is 0 Å². The number of fused-ring (bicyclic) bond motifs is 8. The minimum Gasteiger partial charge on any atom is -0.507 e. The van der Waals surface area contributed by atoms with Crippen molar-refractivity contribution >= 4 is 17.5 Å². The summed E-state index contributed by atoms with van der Waals surface area (Å²) in [6.45, 7) is 2.93. The second kappa shape index (κ2) is 9.45. The fourth-order valence-corrected chi connectivity index (χ4v) is 7.24. The van der Waals surface area contributed by atoms with Crippen molar-refractivity contribution < 1.29 is 58.9 Å². The third-order valence-electron chi connectivity index (χ3n) is 9.37. The molecule has 6 rings (SSSR count). The van der Waals surface area contributed by atoms with Crippen molar-refractivity contribution in [2.24, 2.45) is 0 Å². The number of phenols is 2. The molecular weight excluding hydrogens is 566 g/mol. The van der Waals surface area contributed by atoms with Gasteiger partial charge in [-0.15, -0.1) is 0 Å². The van der Waals surface area contributed by atoms with Gasteiger partial charge in [-0.05, 0) is 45.6 Å². The van der Waals surface area contributed by atoms with Gasteiger partial charge in [0.1, 0.15) is 41.0 Å². The number of nitrogens with zero attached hydrogens (tertiary/aromatic N) is 1. The number of likely N-dealkylation sites (N-methyl/N-ethyl adjacent to an activating group) is 1. The third-order valence-corrected chi connectivity index (χ3v) is 9.37. The molecule has 4 aliphatic rings. The Morgan fingerprint density at radius 2 is 1.72 bits per heavy atom. The van der Waals surface area contributed by atoms with Crippen LogP contribution in [0.3, 0.4) is 0 Å². The quantitative estimate of drug-likeness (QED) is 0.263. The van der Waals surface area contributed by atoms with E-state index in [2.05, 4.69) is 0 Å². The van der Waals surface area contributed by atoms with Crippen molar-refractivity contribution in [3.05, 3.63) is 51.1 Å². The molecular formula is C30H33NO12. The molecule has 2 aliphatic carbocycles. The molecule has 0 aromatic heterocycles. The summed E-state index contributed by atoms with van der Waals surface area (Å²) in [6.07, 6.45) is -5.13. The van der Waals surface area contributed by atoms with Crippen LogP contribution in [0.5, 0.6) is 17.2 Å². The maximum atomic E-state index is 14.3. The molecule has 13 heteroatoms. The predicted octanol–water partition coefficient (Wildman–Crippen LogP) is 0.588. The van der Waals surface area contributed by atoms with Crippen molar-refractivity contribution in [2.45, 2.75) is 68.0 Å². The largest absolute Gasteiger partial charge is 0.507 e. The molecule has 13 nitrogen and oxygen atoms in total. The maximum Gasteiger partial charge on any atom is 0.316 e. The van der Waals surface area contributed by atoms with Crippen LogP contribution >= 0.6 is 0 Å². The third kappa shape index (κ3) is 3.76. The number of benzene rings is 2. The van der Waals surface area contributed by atoms with Crippen molar-refractivity contribution in [3.8, 4) is 17.2 Å². The molecule has 2 bridgehead atoms. The first-order valence-corrected chi connectivity index (χ1v) is 13.7. The normalized spacial score (nSPS) is 34.1. The number of hydrogen-bond donors (Lipinski definition) is 5. The molecule has 0 radical (unpaired) electrons. The molecule has 0 spiro atoms. The summed E-state index contributed by atoms with van der Waals surface area (Å²) in [7, 11) is 5.79. The van der Waals surface area contributed by atoms with Gasteiger partial charge in [0, 0.05) is 30.2 Å². The van der Waals surface area contributed by atoms with Crippen LogP contribution in [-0.2, 0) is 24.6 Å². The molecule has 2 aromatic carbocycles. The Morgan fingerprint density at radius 1 is 1.05 bits per heavy atom. The smallest absolute Gasteiger partial charge is 0.316 e. The number of phenolic OH excluding ortho intramolecular Hbond substituents is 2. The lowest BCUT2D eigenvalue weighted by atomic mass is 9.68. The van der Waals surface area contributed by atoms with Crippen molar-refractivity contribution in [3.63, 3.8) is 0 Å². The van der Waals surface area contributed by atoms with E-state index in [1.807, 2.05) is 0 Å². The lowest BCUT2D eigenvalue weighted by molar-refractivity contribution is -0.311. The highest BCUT2D eigenvalue weighted by molar-refractivity contribution is 6.31. The van der Waals surface area contributed by atoms with E-state index in [9.17, 15) is 39.9 Å². The van der Waals surface area contributed by atoms with Crippen LogP contribution in [-0.4, -0.2) is 106 Å². The lowest BCUT2D eigenvalue weighted by Crippen LogP contribution is -2.68. The average molecular weight is 600 g/mol. The van der Waals surface area contributed by atoms with E-state index >= 15 is 0 Å². The van der Waals surface area contributed by atoms with E-state index in [1.54, 1.807) is 19.0 Å². The van der Waals surface area contributed by atoms with Gasteiger partial charge < -0.3 is 49.4 Å². The first-order valence-electron chi connectivity index (χ1n) is 13.7. The van der Waals surface area contributed by atoms with Gasteiger partial charge in [0.05, 0.1) is 41.5 Å². The van der Waals surface area contributed by atoms with Gasteiger partial charge in [-0.25, -0.2) is 0 Å². The highest BCUT2D eigenvalue weighted by Crippen LogP contribution is 2.55. The highest BCUT2D eigenvalue weighted by atomic mass is 16.7. The monoisotopic (exact) mass is 599 g/mol. The molecule has 0 unspecified atom stereocenters. The van der Waals surface area contributed by atoms with Gasteiger partial charge in [-0.1, -0.05) is 0 Å². The summed E-state index contributed by atoms with van der Waals surface area (Å²) in [5, 5.41) is 56.3. The number of aromatic hydroxyl groups is 2. The Morgan fingerprint density at radius 3 is 2.33 bits per heavy atom. The van der Waals surface area contributed by atoms with Gasteiger partial charge in [0.15, 0.2) is 5.78 Å². The molecule has 2 heterocycles. The first-order chi connectivity index (χ1) is 20.1. The van der Waals surface area contributed by atoms with Gasteiger partial charge in [0.2, 0.25) is 12.1 Å². The van der Waals surface area contributed by atoms with Crippen LogP contribution in [0, 0.1) is 0 Å². The molecule has 1 saturated heterocycles. The van der Waals surface area contributed by atoms with E-state index in [0.717, 1.165) is 7.11 Å². The molecule has 8 atom stereocenters. The lowest BCUT2D eigenvalue weighted by Gasteiger charge is -2.53. The number of methoxy groups -OCH3 is 2. The Balaban J connectivity index is 1.61.